The number of esters is 2. The molecule has 0 spiro atoms. The highest BCUT2D eigenvalue weighted by molar-refractivity contribution is 5.98. The molecule has 3 rings (SSSR count). The Hall–Kier alpha value is -3.22. The summed E-state index contributed by atoms with van der Waals surface area (Å²) in [4.78, 5) is 23.5. The lowest BCUT2D eigenvalue weighted by atomic mass is 10.2. The van der Waals surface area contributed by atoms with E-state index in [1.807, 2.05) is 0 Å². The number of benzene rings is 2. The predicted octanol–water partition coefficient (Wildman–Crippen LogP) is 3.68. The number of carbonyl (C=O) groups is 2. The van der Waals surface area contributed by atoms with E-state index in [2.05, 4.69) is 0 Å². The summed E-state index contributed by atoms with van der Waals surface area (Å²) < 4.78 is 38.3. The van der Waals surface area contributed by atoms with E-state index in [9.17, 15) is 18.4 Å². The third-order valence-corrected chi connectivity index (χ3v) is 3.88. The van der Waals surface area contributed by atoms with Crippen molar-refractivity contribution >= 4 is 22.8 Å². The van der Waals surface area contributed by atoms with Gasteiger partial charge in [0.25, 0.3) is 0 Å². The summed E-state index contributed by atoms with van der Waals surface area (Å²) in [5, 5.41) is 0.533. The number of hydrogen-bond donors (Lipinski definition) is 0. The van der Waals surface area contributed by atoms with Gasteiger partial charge in [-0.3, -0.25) is 4.79 Å². The first kappa shape index (κ1) is 17.6. The van der Waals surface area contributed by atoms with Gasteiger partial charge in [-0.05, 0) is 35.9 Å². The molecule has 0 unspecified atom stereocenters. The maximum absolute atomic E-state index is 13.5. The van der Waals surface area contributed by atoms with Gasteiger partial charge in [0.1, 0.15) is 11.4 Å². The second-order valence-corrected chi connectivity index (χ2v) is 5.64. The van der Waals surface area contributed by atoms with Crippen LogP contribution in [0.5, 0.6) is 5.75 Å². The standard InChI is InChI=1S/C19H15F2NO4/c1-11(23)26-18-5-3-4-16-13(18)9-17(19(24)25-2)22(16)10-12-6-7-14(20)15(21)8-12/h3-9H,10H2,1-2H3. The summed E-state index contributed by atoms with van der Waals surface area (Å²) >= 11 is 0. The van der Waals surface area contributed by atoms with Gasteiger partial charge in [-0.15, -0.1) is 0 Å². The van der Waals surface area contributed by atoms with Gasteiger partial charge in [0.2, 0.25) is 0 Å². The number of rotatable bonds is 4. The van der Waals surface area contributed by atoms with Gasteiger partial charge in [0, 0.05) is 18.9 Å². The Morgan fingerprint density at radius 1 is 1.08 bits per heavy atom. The molecule has 0 amide bonds. The van der Waals surface area contributed by atoms with Crippen LogP contribution in [0.1, 0.15) is 23.0 Å². The molecule has 0 aliphatic carbocycles. The lowest BCUT2D eigenvalue weighted by Gasteiger charge is -2.10. The van der Waals surface area contributed by atoms with Crippen molar-refractivity contribution in [1.29, 1.82) is 0 Å². The molecule has 2 aromatic carbocycles. The number of nitrogens with zero attached hydrogens (tertiary/aromatic N) is 1. The van der Waals surface area contributed by atoms with E-state index in [0.717, 1.165) is 12.1 Å². The lowest BCUT2D eigenvalue weighted by molar-refractivity contribution is -0.131. The van der Waals surface area contributed by atoms with Crippen molar-refractivity contribution in [2.45, 2.75) is 13.5 Å². The highest BCUT2D eigenvalue weighted by Gasteiger charge is 2.19. The number of halogens is 2. The number of carbonyl (C=O) groups excluding carboxylic acids is 2. The summed E-state index contributed by atoms with van der Waals surface area (Å²) in [5.74, 6) is -2.72. The van der Waals surface area contributed by atoms with Gasteiger partial charge >= 0.3 is 11.9 Å². The van der Waals surface area contributed by atoms with Crippen molar-refractivity contribution in [2.24, 2.45) is 0 Å². The average molecular weight is 359 g/mol. The zero-order valence-electron chi connectivity index (χ0n) is 14.1. The minimum Gasteiger partial charge on any atom is -0.464 e. The van der Waals surface area contributed by atoms with Crippen LogP contribution in [0.25, 0.3) is 10.9 Å². The first-order chi connectivity index (χ1) is 12.4. The van der Waals surface area contributed by atoms with Crippen LogP contribution in [0, 0.1) is 11.6 Å². The molecule has 0 saturated carbocycles. The fourth-order valence-electron chi connectivity index (χ4n) is 2.77. The minimum absolute atomic E-state index is 0.106. The molecule has 0 aliphatic heterocycles. The minimum atomic E-state index is -0.973. The largest absolute Gasteiger partial charge is 0.464 e. The molecule has 0 bridgehead atoms. The Morgan fingerprint density at radius 2 is 1.85 bits per heavy atom. The Balaban J connectivity index is 2.16. The molecule has 0 N–H and O–H groups in total. The first-order valence-electron chi connectivity index (χ1n) is 7.73. The van der Waals surface area contributed by atoms with Gasteiger partial charge in [-0.2, -0.15) is 0 Å². The molecule has 1 aromatic heterocycles. The van der Waals surface area contributed by atoms with Gasteiger partial charge in [0.05, 0.1) is 12.6 Å². The molecule has 0 fully saturated rings. The molecule has 26 heavy (non-hydrogen) atoms. The number of fused-ring (bicyclic) bond motifs is 1. The van der Waals surface area contributed by atoms with Crippen molar-refractivity contribution in [3.8, 4) is 5.75 Å². The predicted molar refractivity (Wildman–Crippen MR) is 90.0 cm³/mol. The smallest absolute Gasteiger partial charge is 0.354 e. The van der Waals surface area contributed by atoms with Crippen molar-refractivity contribution in [1.82, 2.24) is 4.57 Å². The SMILES string of the molecule is COC(=O)c1cc2c(OC(C)=O)cccc2n1Cc1ccc(F)c(F)c1. The van der Waals surface area contributed by atoms with Gasteiger partial charge in [-0.25, -0.2) is 13.6 Å². The second-order valence-electron chi connectivity index (χ2n) is 5.64. The normalized spacial score (nSPS) is 10.8. The highest BCUT2D eigenvalue weighted by atomic mass is 19.2. The topological polar surface area (TPSA) is 57.5 Å². The molecular formula is C19H15F2NO4. The van der Waals surface area contributed by atoms with E-state index in [1.165, 1.54) is 20.1 Å². The third kappa shape index (κ3) is 3.28. The van der Waals surface area contributed by atoms with E-state index in [-0.39, 0.29) is 12.2 Å². The highest BCUT2D eigenvalue weighted by Crippen LogP contribution is 2.30. The van der Waals surface area contributed by atoms with Crippen molar-refractivity contribution < 1.29 is 27.8 Å². The van der Waals surface area contributed by atoms with Gasteiger partial charge < -0.3 is 14.0 Å². The number of aromatic nitrogens is 1. The van der Waals surface area contributed by atoms with Crippen LogP contribution >= 0.6 is 0 Å². The van der Waals surface area contributed by atoms with Crippen LogP contribution in [0.3, 0.4) is 0 Å². The van der Waals surface area contributed by atoms with E-state index < -0.39 is 23.6 Å². The molecule has 3 aromatic rings. The Kier molecular flexibility index (Phi) is 4.71. The summed E-state index contributed by atoms with van der Waals surface area (Å²) in [6.45, 7) is 1.38. The Labute approximate surface area is 147 Å². The summed E-state index contributed by atoms with van der Waals surface area (Å²) in [7, 11) is 1.24. The average Bonchev–Trinajstić information content (AvgIpc) is 2.97. The van der Waals surface area contributed by atoms with Crippen LogP contribution < -0.4 is 4.74 Å². The van der Waals surface area contributed by atoms with Crippen LogP contribution in [-0.4, -0.2) is 23.6 Å². The fourth-order valence-corrected chi connectivity index (χ4v) is 2.77. The zero-order chi connectivity index (χ0) is 18.8. The Morgan fingerprint density at radius 3 is 2.50 bits per heavy atom. The summed E-state index contributed by atoms with van der Waals surface area (Å²) in [5.41, 5.74) is 1.25. The fraction of sp³-hybridized carbons (Fsp3) is 0.158. The molecule has 0 radical (unpaired) electrons. The summed E-state index contributed by atoms with van der Waals surface area (Å²) in [6.07, 6.45) is 0. The summed E-state index contributed by atoms with van der Waals surface area (Å²) in [6, 6.07) is 10.1. The molecule has 7 heteroatoms. The zero-order valence-corrected chi connectivity index (χ0v) is 14.1. The van der Waals surface area contributed by atoms with Crippen molar-refractivity contribution in [3.63, 3.8) is 0 Å². The van der Waals surface area contributed by atoms with Crippen LogP contribution in [0.2, 0.25) is 0 Å². The van der Waals surface area contributed by atoms with E-state index >= 15 is 0 Å². The van der Waals surface area contributed by atoms with Crippen LogP contribution in [0.15, 0.2) is 42.5 Å². The molecule has 5 nitrogen and oxygen atoms in total. The Bertz CT molecular complexity index is 1010. The molecule has 0 saturated heterocycles. The molecule has 134 valence electrons. The van der Waals surface area contributed by atoms with E-state index in [4.69, 9.17) is 9.47 Å². The quantitative estimate of drug-likeness (QED) is 0.527. The molecule has 1 heterocycles. The number of ether oxygens (including phenoxy) is 2. The van der Waals surface area contributed by atoms with Crippen molar-refractivity contribution in [3.05, 3.63) is 65.4 Å². The maximum atomic E-state index is 13.5. The van der Waals surface area contributed by atoms with Crippen LogP contribution in [-0.2, 0) is 16.1 Å². The molecule has 0 aliphatic rings. The van der Waals surface area contributed by atoms with Crippen LogP contribution in [0.4, 0.5) is 8.78 Å². The number of hydrogen-bond acceptors (Lipinski definition) is 4. The van der Waals surface area contributed by atoms with Gasteiger partial charge in [0.15, 0.2) is 11.6 Å². The van der Waals surface area contributed by atoms with Gasteiger partial charge in [-0.1, -0.05) is 12.1 Å². The van der Waals surface area contributed by atoms with Crippen molar-refractivity contribution in [2.75, 3.05) is 7.11 Å². The first-order valence-corrected chi connectivity index (χ1v) is 7.73. The molecule has 0 atom stereocenters. The second kappa shape index (κ2) is 6.95. The van der Waals surface area contributed by atoms with E-state index in [1.54, 1.807) is 28.8 Å². The lowest BCUT2D eigenvalue weighted by Crippen LogP contribution is -2.11. The maximum Gasteiger partial charge on any atom is 0.354 e. The monoisotopic (exact) mass is 359 g/mol. The molecular weight excluding hydrogens is 344 g/mol. The third-order valence-electron chi connectivity index (χ3n) is 3.88. The van der Waals surface area contributed by atoms with E-state index in [0.29, 0.717) is 22.2 Å². The number of methoxy groups -OCH3 is 1.